The number of hydrogen-bond acceptors (Lipinski definition) is 6. The van der Waals surface area contributed by atoms with Crippen molar-refractivity contribution < 1.29 is 9.53 Å². The van der Waals surface area contributed by atoms with Crippen LogP contribution in [0.25, 0.3) is 21.0 Å². The third-order valence-electron chi connectivity index (χ3n) is 5.12. The molecule has 0 radical (unpaired) electrons. The monoisotopic (exact) mass is 441 g/mol. The minimum Gasteiger partial charge on any atom is -0.460 e. The molecule has 6 nitrogen and oxygen atoms in total. The van der Waals surface area contributed by atoms with Crippen LogP contribution in [0.2, 0.25) is 0 Å². The number of carbonyl (C=O) groups is 1. The van der Waals surface area contributed by atoms with Crippen LogP contribution in [0, 0.1) is 0 Å². The Morgan fingerprint density at radius 2 is 1.62 bits per heavy atom. The summed E-state index contributed by atoms with van der Waals surface area (Å²) in [5.41, 5.74) is 1.77. The molecule has 0 aliphatic rings. The van der Waals surface area contributed by atoms with Crippen LogP contribution in [0.5, 0.6) is 0 Å². The Morgan fingerprint density at radius 3 is 2.44 bits per heavy atom. The highest BCUT2D eigenvalue weighted by Crippen LogP contribution is 2.22. The highest BCUT2D eigenvalue weighted by atomic mass is 32.1. The first-order valence-corrected chi connectivity index (χ1v) is 11.1. The minimum atomic E-state index is -0.552. The van der Waals surface area contributed by atoms with E-state index >= 15 is 0 Å². The van der Waals surface area contributed by atoms with E-state index in [2.05, 4.69) is 10.1 Å². The van der Waals surface area contributed by atoms with Gasteiger partial charge in [-0.2, -0.15) is 5.10 Å². The van der Waals surface area contributed by atoms with E-state index < -0.39 is 5.97 Å². The molecule has 0 fully saturated rings. The minimum absolute atomic E-state index is 0.139. The summed E-state index contributed by atoms with van der Waals surface area (Å²) in [6, 6.07) is 24.5. The third kappa shape index (κ3) is 4.02. The number of thiazole rings is 1. The molecule has 0 N–H and O–H groups in total. The van der Waals surface area contributed by atoms with Crippen molar-refractivity contribution in [1.29, 1.82) is 0 Å². The molecular weight excluding hydrogens is 422 g/mol. The Balaban J connectivity index is 1.39. The zero-order chi connectivity index (χ0) is 21.9. The zero-order valence-electron chi connectivity index (χ0n) is 17.1. The number of nitrogens with zero attached hydrogens (tertiary/aromatic N) is 3. The van der Waals surface area contributed by atoms with Crippen molar-refractivity contribution in [3.05, 3.63) is 105 Å². The predicted octanol–water partition coefficient (Wildman–Crippen LogP) is 4.45. The van der Waals surface area contributed by atoms with Crippen LogP contribution in [0.15, 0.2) is 83.7 Å². The molecule has 0 aliphatic carbocycles. The van der Waals surface area contributed by atoms with Gasteiger partial charge in [0.25, 0.3) is 5.56 Å². The molecule has 32 heavy (non-hydrogen) atoms. The average molecular weight is 442 g/mol. The second kappa shape index (κ2) is 8.72. The summed E-state index contributed by atoms with van der Waals surface area (Å²) in [5.74, 6) is -0.552. The molecule has 2 heterocycles. The van der Waals surface area contributed by atoms with Gasteiger partial charge < -0.3 is 4.74 Å². The maximum atomic E-state index is 12.9. The van der Waals surface area contributed by atoms with Crippen molar-refractivity contribution in [1.82, 2.24) is 14.8 Å². The van der Waals surface area contributed by atoms with E-state index in [-0.39, 0.29) is 24.4 Å². The van der Waals surface area contributed by atoms with Gasteiger partial charge in [-0.1, -0.05) is 60.7 Å². The van der Waals surface area contributed by atoms with Gasteiger partial charge in [-0.3, -0.25) is 4.79 Å². The largest absolute Gasteiger partial charge is 0.460 e. The lowest BCUT2D eigenvalue weighted by Crippen LogP contribution is -2.27. The molecule has 0 atom stereocenters. The molecule has 5 aromatic rings. The van der Waals surface area contributed by atoms with E-state index in [0.717, 1.165) is 20.8 Å². The first-order chi connectivity index (χ1) is 15.7. The third-order valence-corrected chi connectivity index (χ3v) is 6.22. The maximum Gasteiger partial charge on any atom is 0.359 e. The first kappa shape index (κ1) is 20.1. The number of benzene rings is 3. The molecular formula is C25H19N3O3S. The van der Waals surface area contributed by atoms with Crippen LogP contribution >= 0.6 is 11.3 Å². The summed E-state index contributed by atoms with van der Waals surface area (Å²) in [6.07, 6.45) is 0.521. The van der Waals surface area contributed by atoms with Gasteiger partial charge in [0.1, 0.15) is 0 Å². The smallest absolute Gasteiger partial charge is 0.359 e. The van der Waals surface area contributed by atoms with Crippen molar-refractivity contribution in [2.24, 2.45) is 0 Å². The summed E-state index contributed by atoms with van der Waals surface area (Å²) in [4.78, 5) is 30.4. The second-order valence-electron chi connectivity index (χ2n) is 7.30. The number of aromatic nitrogens is 3. The second-order valence-corrected chi connectivity index (χ2v) is 8.42. The van der Waals surface area contributed by atoms with Crippen LogP contribution in [-0.4, -0.2) is 27.3 Å². The topological polar surface area (TPSA) is 74.1 Å². The number of rotatable bonds is 6. The van der Waals surface area contributed by atoms with Crippen molar-refractivity contribution in [3.63, 3.8) is 0 Å². The van der Waals surface area contributed by atoms with Crippen LogP contribution in [0.1, 0.15) is 21.1 Å². The van der Waals surface area contributed by atoms with Gasteiger partial charge >= 0.3 is 5.97 Å². The Hall–Kier alpha value is -3.84. The summed E-state index contributed by atoms with van der Waals surface area (Å²) in [7, 11) is 0. The highest BCUT2D eigenvalue weighted by Gasteiger charge is 2.18. The van der Waals surface area contributed by atoms with E-state index in [9.17, 15) is 9.59 Å². The van der Waals surface area contributed by atoms with Gasteiger partial charge in [0, 0.05) is 11.8 Å². The summed E-state index contributed by atoms with van der Waals surface area (Å²) >= 11 is 1.59. The number of esters is 1. The van der Waals surface area contributed by atoms with Crippen LogP contribution in [-0.2, 0) is 17.7 Å². The lowest BCUT2D eigenvalue weighted by molar-refractivity contribution is 0.0502. The van der Waals surface area contributed by atoms with Gasteiger partial charge in [-0.15, -0.1) is 11.3 Å². The van der Waals surface area contributed by atoms with Gasteiger partial charge in [-0.25, -0.2) is 14.5 Å². The molecule has 0 saturated heterocycles. The normalized spacial score (nSPS) is 11.1. The Morgan fingerprint density at radius 1 is 0.906 bits per heavy atom. The number of fused-ring (bicyclic) bond motifs is 2. The summed E-state index contributed by atoms with van der Waals surface area (Å²) in [6.45, 7) is 0.461. The number of para-hydroxylation sites is 1. The van der Waals surface area contributed by atoms with Crippen molar-refractivity contribution >= 4 is 38.3 Å². The molecule has 7 heteroatoms. The number of carbonyl (C=O) groups excluding carboxylic acids is 1. The Labute approximate surface area is 187 Å². The molecule has 0 unspecified atom stereocenters. The van der Waals surface area contributed by atoms with E-state index in [1.807, 2.05) is 54.6 Å². The fourth-order valence-electron chi connectivity index (χ4n) is 3.58. The maximum absolute atomic E-state index is 12.9. The van der Waals surface area contributed by atoms with Gasteiger partial charge in [0.15, 0.2) is 5.69 Å². The van der Waals surface area contributed by atoms with Gasteiger partial charge in [-0.05, 0) is 23.8 Å². The summed E-state index contributed by atoms with van der Waals surface area (Å²) < 4.78 is 7.96. The molecule has 0 amide bonds. The zero-order valence-corrected chi connectivity index (χ0v) is 17.9. The van der Waals surface area contributed by atoms with E-state index in [0.29, 0.717) is 17.2 Å². The van der Waals surface area contributed by atoms with E-state index in [4.69, 9.17) is 4.74 Å². The SMILES string of the molecule is O=C(OCCc1nc2ccccc2s1)c1nn(Cc2ccccc2)c(=O)c2ccccc12. The van der Waals surface area contributed by atoms with Crippen molar-refractivity contribution in [3.8, 4) is 0 Å². The number of hydrogen-bond donors (Lipinski definition) is 0. The molecule has 3 aromatic carbocycles. The molecule has 5 rings (SSSR count). The van der Waals surface area contributed by atoms with Crippen LogP contribution in [0.3, 0.4) is 0 Å². The highest BCUT2D eigenvalue weighted by molar-refractivity contribution is 7.18. The van der Waals surface area contributed by atoms with Crippen molar-refractivity contribution in [2.45, 2.75) is 13.0 Å². The average Bonchev–Trinajstić information content (AvgIpc) is 3.24. The van der Waals surface area contributed by atoms with E-state index in [1.165, 1.54) is 4.68 Å². The molecule has 2 aromatic heterocycles. The molecule has 0 saturated carbocycles. The standard InChI is InChI=1S/C25H19N3O3S/c29-24-19-11-5-4-10-18(19)23(27-28(24)16-17-8-2-1-3-9-17)25(30)31-15-14-22-26-20-12-6-7-13-21(20)32-22/h1-13H,14-16H2. The lowest BCUT2D eigenvalue weighted by Gasteiger charge is -2.11. The number of ether oxygens (including phenoxy) is 1. The molecule has 0 spiro atoms. The quantitative estimate of drug-likeness (QED) is 0.364. The Bertz CT molecular complexity index is 1440. The first-order valence-electron chi connectivity index (χ1n) is 10.2. The van der Waals surface area contributed by atoms with E-state index in [1.54, 1.807) is 35.6 Å². The Kier molecular flexibility index (Phi) is 5.47. The van der Waals surface area contributed by atoms with Gasteiger partial charge in [0.05, 0.1) is 33.8 Å². The predicted molar refractivity (Wildman–Crippen MR) is 125 cm³/mol. The van der Waals surface area contributed by atoms with Crippen LogP contribution in [0.4, 0.5) is 0 Å². The fraction of sp³-hybridized carbons (Fsp3) is 0.120. The summed E-state index contributed by atoms with van der Waals surface area (Å²) in [5, 5.41) is 6.21. The van der Waals surface area contributed by atoms with Gasteiger partial charge in [0.2, 0.25) is 0 Å². The molecule has 158 valence electrons. The molecule has 0 aliphatic heterocycles. The van der Waals surface area contributed by atoms with Crippen LogP contribution < -0.4 is 5.56 Å². The lowest BCUT2D eigenvalue weighted by atomic mass is 10.1. The van der Waals surface area contributed by atoms with Crippen molar-refractivity contribution in [2.75, 3.05) is 6.61 Å². The fourth-order valence-corrected chi connectivity index (χ4v) is 4.52. The molecule has 0 bridgehead atoms.